The van der Waals surface area contributed by atoms with Crippen molar-refractivity contribution in [2.45, 2.75) is 13.5 Å². The Bertz CT molecular complexity index is 597. The van der Waals surface area contributed by atoms with Gasteiger partial charge < -0.3 is 14.0 Å². The summed E-state index contributed by atoms with van der Waals surface area (Å²) in [6, 6.07) is 3.23. The maximum Gasteiger partial charge on any atom is 0.264 e. The smallest absolute Gasteiger partial charge is 0.264 e. The van der Waals surface area contributed by atoms with Gasteiger partial charge in [-0.05, 0) is 35.0 Å². The predicted octanol–water partition coefficient (Wildman–Crippen LogP) is 2.54. The van der Waals surface area contributed by atoms with E-state index < -0.39 is 0 Å². The Labute approximate surface area is 117 Å². The highest BCUT2D eigenvalue weighted by molar-refractivity contribution is 9.10. The largest absolute Gasteiger partial charge is 0.493 e. The van der Waals surface area contributed by atoms with Gasteiger partial charge in [0.2, 0.25) is 0 Å². The molecule has 1 heterocycles. The molecule has 7 heteroatoms. The minimum atomic E-state index is 0.121. The number of ether oxygens (including phenoxy) is 2. The summed E-state index contributed by atoms with van der Waals surface area (Å²) in [6.07, 6.45) is 0.735. The van der Waals surface area contributed by atoms with Gasteiger partial charge >= 0.3 is 0 Å². The molecule has 0 amide bonds. The van der Waals surface area contributed by atoms with Gasteiger partial charge in [0.25, 0.3) is 5.89 Å². The molecule has 0 atom stereocenters. The Kier molecular flexibility index (Phi) is 4.16. The molecule has 100 valence electrons. The molecule has 0 aliphatic carbocycles. The first-order valence-electron chi connectivity index (χ1n) is 5.38. The summed E-state index contributed by atoms with van der Waals surface area (Å²) < 4.78 is 16.3. The Balaban J connectivity index is 2.21. The lowest BCUT2D eigenvalue weighted by atomic mass is 10.2. The van der Waals surface area contributed by atoms with Crippen molar-refractivity contribution in [3.63, 3.8) is 0 Å². The number of benzene rings is 1. The van der Waals surface area contributed by atoms with Gasteiger partial charge in [0.1, 0.15) is 6.29 Å². The second-order valence-corrected chi connectivity index (χ2v) is 4.53. The van der Waals surface area contributed by atoms with Gasteiger partial charge in [0, 0.05) is 5.56 Å². The van der Waals surface area contributed by atoms with Crippen molar-refractivity contribution in [3.05, 3.63) is 33.9 Å². The third kappa shape index (κ3) is 3.11. The van der Waals surface area contributed by atoms with E-state index in [4.69, 9.17) is 14.0 Å². The molecule has 0 N–H and O–H groups in total. The molecule has 0 saturated heterocycles. The van der Waals surface area contributed by atoms with Crippen LogP contribution in [0.5, 0.6) is 11.5 Å². The third-order valence-electron chi connectivity index (χ3n) is 2.30. The van der Waals surface area contributed by atoms with Crippen molar-refractivity contribution < 1.29 is 18.8 Å². The first kappa shape index (κ1) is 13.5. The van der Waals surface area contributed by atoms with Crippen LogP contribution in [-0.2, 0) is 6.61 Å². The SMILES string of the molecule is COc1cc(C=O)cc(Br)c1OCc1nc(C)no1. The van der Waals surface area contributed by atoms with E-state index in [0.29, 0.717) is 33.3 Å². The minimum Gasteiger partial charge on any atom is -0.493 e. The molecule has 0 spiro atoms. The molecule has 0 unspecified atom stereocenters. The van der Waals surface area contributed by atoms with E-state index in [1.165, 1.54) is 7.11 Å². The van der Waals surface area contributed by atoms with Gasteiger partial charge in [-0.1, -0.05) is 5.16 Å². The zero-order valence-corrected chi connectivity index (χ0v) is 11.9. The summed E-state index contributed by atoms with van der Waals surface area (Å²) in [6.45, 7) is 1.85. The molecular formula is C12H11BrN2O4. The normalized spacial score (nSPS) is 10.3. The van der Waals surface area contributed by atoms with Crippen LogP contribution in [0.2, 0.25) is 0 Å². The number of nitrogens with zero attached hydrogens (tertiary/aromatic N) is 2. The summed E-state index contributed by atoms with van der Waals surface area (Å²) >= 11 is 3.33. The maximum atomic E-state index is 10.8. The fraction of sp³-hybridized carbons (Fsp3) is 0.250. The topological polar surface area (TPSA) is 74.5 Å². The Morgan fingerprint density at radius 3 is 2.84 bits per heavy atom. The van der Waals surface area contributed by atoms with E-state index in [-0.39, 0.29) is 6.61 Å². The maximum absolute atomic E-state index is 10.8. The number of hydrogen-bond acceptors (Lipinski definition) is 6. The standard InChI is InChI=1S/C12H11BrN2O4/c1-7-14-11(19-15-7)6-18-12-9(13)3-8(5-16)4-10(12)17-2/h3-5H,6H2,1-2H3. The van der Waals surface area contributed by atoms with Crippen LogP contribution in [0.15, 0.2) is 21.1 Å². The van der Waals surface area contributed by atoms with Crippen LogP contribution >= 0.6 is 15.9 Å². The molecule has 1 aromatic carbocycles. The number of halogens is 1. The quantitative estimate of drug-likeness (QED) is 0.786. The summed E-state index contributed by atoms with van der Waals surface area (Å²) in [5, 5.41) is 3.67. The fourth-order valence-corrected chi connectivity index (χ4v) is 2.05. The molecule has 0 fully saturated rings. The molecule has 0 bridgehead atoms. The van der Waals surface area contributed by atoms with E-state index in [1.807, 2.05) is 0 Å². The molecule has 0 aliphatic rings. The van der Waals surface area contributed by atoms with Gasteiger partial charge in [-0.3, -0.25) is 4.79 Å². The van der Waals surface area contributed by atoms with Gasteiger partial charge in [-0.2, -0.15) is 4.98 Å². The van der Waals surface area contributed by atoms with Crippen molar-refractivity contribution in [1.29, 1.82) is 0 Å². The predicted molar refractivity (Wildman–Crippen MR) is 69.4 cm³/mol. The van der Waals surface area contributed by atoms with Crippen LogP contribution in [0.4, 0.5) is 0 Å². The molecule has 19 heavy (non-hydrogen) atoms. The van der Waals surface area contributed by atoms with Gasteiger partial charge in [-0.15, -0.1) is 0 Å². The van der Waals surface area contributed by atoms with Crippen molar-refractivity contribution in [2.24, 2.45) is 0 Å². The van der Waals surface area contributed by atoms with Gasteiger partial charge in [-0.25, -0.2) is 0 Å². The number of rotatable bonds is 5. The lowest BCUT2D eigenvalue weighted by Gasteiger charge is -2.11. The Hall–Kier alpha value is -1.89. The van der Waals surface area contributed by atoms with E-state index >= 15 is 0 Å². The first-order chi connectivity index (χ1) is 9.13. The van der Waals surface area contributed by atoms with Crippen LogP contribution in [0.1, 0.15) is 22.1 Å². The summed E-state index contributed by atoms with van der Waals surface area (Å²) in [5.74, 6) is 1.84. The molecule has 0 aliphatic heterocycles. The number of carbonyl (C=O) groups excluding carboxylic acids is 1. The highest BCUT2D eigenvalue weighted by Crippen LogP contribution is 2.36. The van der Waals surface area contributed by atoms with Crippen molar-refractivity contribution >= 4 is 22.2 Å². The zero-order valence-electron chi connectivity index (χ0n) is 10.3. The number of methoxy groups -OCH3 is 1. The average molecular weight is 327 g/mol. The van der Waals surface area contributed by atoms with E-state index in [1.54, 1.807) is 19.1 Å². The van der Waals surface area contributed by atoms with Crippen LogP contribution in [-0.4, -0.2) is 23.5 Å². The van der Waals surface area contributed by atoms with E-state index in [9.17, 15) is 4.79 Å². The molecule has 2 rings (SSSR count). The minimum absolute atomic E-state index is 0.121. The van der Waals surface area contributed by atoms with E-state index in [0.717, 1.165) is 6.29 Å². The summed E-state index contributed by atoms with van der Waals surface area (Å²) in [4.78, 5) is 14.8. The lowest BCUT2D eigenvalue weighted by Crippen LogP contribution is -2.00. The summed E-state index contributed by atoms with van der Waals surface area (Å²) in [5.41, 5.74) is 0.490. The number of hydrogen-bond donors (Lipinski definition) is 0. The third-order valence-corrected chi connectivity index (χ3v) is 2.89. The number of aryl methyl sites for hydroxylation is 1. The van der Waals surface area contributed by atoms with Crippen molar-refractivity contribution in [1.82, 2.24) is 10.1 Å². The Morgan fingerprint density at radius 1 is 1.47 bits per heavy atom. The lowest BCUT2D eigenvalue weighted by molar-refractivity contribution is 0.112. The molecule has 2 aromatic rings. The number of aromatic nitrogens is 2. The van der Waals surface area contributed by atoms with Crippen molar-refractivity contribution in [2.75, 3.05) is 7.11 Å². The zero-order chi connectivity index (χ0) is 13.8. The highest BCUT2D eigenvalue weighted by Gasteiger charge is 2.13. The number of aldehydes is 1. The molecule has 0 saturated carbocycles. The van der Waals surface area contributed by atoms with Gasteiger partial charge in [0.05, 0.1) is 11.6 Å². The summed E-state index contributed by atoms with van der Waals surface area (Å²) in [7, 11) is 1.50. The highest BCUT2D eigenvalue weighted by atomic mass is 79.9. The molecule has 6 nitrogen and oxygen atoms in total. The first-order valence-corrected chi connectivity index (χ1v) is 6.18. The fourth-order valence-electron chi connectivity index (χ4n) is 1.48. The van der Waals surface area contributed by atoms with Gasteiger partial charge in [0.15, 0.2) is 23.9 Å². The van der Waals surface area contributed by atoms with Crippen LogP contribution in [0.25, 0.3) is 0 Å². The van der Waals surface area contributed by atoms with Crippen LogP contribution in [0, 0.1) is 6.92 Å². The van der Waals surface area contributed by atoms with Crippen molar-refractivity contribution in [3.8, 4) is 11.5 Å². The monoisotopic (exact) mass is 326 g/mol. The average Bonchev–Trinajstić information content (AvgIpc) is 2.82. The molecule has 0 radical (unpaired) electrons. The van der Waals surface area contributed by atoms with Crippen LogP contribution in [0.3, 0.4) is 0 Å². The second-order valence-electron chi connectivity index (χ2n) is 3.68. The van der Waals surface area contributed by atoms with E-state index in [2.05, 4.69) is 26.1 Å². The Morgan fingerprint density at radius 2 is 2.26 bits per heavy atom. The second kappa shape index (κ2) is 5.83. The van der Waals surface area contributed by atoms with Crippen LogP contribution < -0.4 is 9.47 Å². The molecule has 1 aromatic heterocycles. The number of carbonyl (C=O) groups is 1. The molecular weight excluding hydrogens is 316 g/mol.